The Balaban J connectivity index is 0.00000192. The zero-order valence-corrected chi connectivity index (χ0v) is 13.9. The molecule has 0 saturated carbocycles. The lowest BCUT2D eigenvalue weighted by molar-refractivity contribution is -0.117. The van der Waals surface area contributed by atoms with Gasteiger partial charge in [0.25, 0.3) is 5.91 Å². The molecule has 23 heavy (non-hydrogen) atoms. The number of anilines is 1. The van der Waals surface area contributed by atoms with Gasteiger partial charge < -0.3 is 20.3 Å². The fourth-order valence-corrected chi connectivity index (χ4v) is 2.85. The second-order valence-electron chi connectivity index (χ2n) is 5.83. The van der Waals surface area contributed by atoms with Crippen molar-refractivity contribution in [2.24, 2.45) is 0 Å². The van der Waals surface area contributed by atoms with Crippen LogP contribution in [0.4, 0.5) is 5.69 Å². The van der Waals surface area contributed by atoms with E-state index in [1.165, 1.54) is 0 Å². The molecule has 7 heteroatoms. The first-order valence-corrected chi connectivity index (χ1v) is 7.63. The molecular weight excluding hydrogens is 318 g/mol. The Kier molecular flexibility index (Phi) is 5.98. The van der Waals surface area contributed by atoms with Gasteiger partial charge in [-0.2, -0.15) is 0 Å². The van der Waals surface area contributed by atoms with Crippen molar-refractivity contribution in [3.8, 4) is 0 Å². The topological polar surface area (TPSA) is 70.7 Å². The molecule has 2 N–H and O–H groups in total. The normalized spacial score (nSPS) is 20.5. The van der Waals surface area contributed by atoms with E-state index in [-0.39, 0.29) is 30.3 Å². The number of morpholine rings is 1. The van der Waals surface area contributed by atoms with Crippen LogP contribution >= 0.6 is 12.4 Å². The first-order chi connectivity index (χ1) is 10.6. The van der Waals surface area contributed by atoms with Crippen LogP contribution < -0.4 is 10.6 Å². The lowest BCUT2D eigenvalue weighted by Crippen LogP contribution is -2.43. The highest BCUT2D eigenvalue weighted by molar-refractivity contribution is 5.99. The summed E-state index contributed by atoms with van der Waals surface area (Å²) in [4.78, 5) is 26.0. The van der Waals surface area contributed by atoms with E-state index in [9.17, 15) is 9.59 Å². The Hall–Kier alpha value is -1.63. The lowest BCUT2D eigenvalue weighted by atomic mass is 9.98. The van der Waals surface area contributed by atoms with Gasteiger partial charge in [0.2, 0.25) is 5.91 Å². The van der Waals surface area contributed by atoms with Gasteiger partial charge in [-0.1, -0.05) is 6.07 Å². The molecule has 6 nitrogen and oxygen atoms in total. The molecule has 1 atom stereocenters. The molecule has 2 aliphatic rings. The smallest absolute Gasteiger partial charge is 0.253 e. The van der Waals surface area contributed by atoms with E-state index in [0.717, 1.165) is 25.1 Å². The summed E-state index contributed by atoms with van der Waals surface area (Å²) in [5.74, 6) is -0.0562. The third kappa shape index (κ3) is 4.22. The highest BCUT2D eigenvalue weighted by Crippen LogP contribution is 2.22. The standard InChI is InChI=1S/C16H21N3O3.ClH/c1-19-6-4-11-2-3-12(8-14(11)16(19)21)18-15(20)9-13-10-22-7-5-17-13;/h2-3,8,13,17H,4-7,9-10H2,1H3,(H,18,20);1H. The molecule has 0 radical (unpaired) electrons. The van der Waals surface area contributed by atoms with Crippen molar-refractivity contribution in [2.75, 3.05) is 38.7 Å². The highest BCUT2D eigenvalue weighted by atomic mass is 35.5. The van der Waals surface area contributed by atoms with Crippen molar-refractivity contribution in [1.82, 2.24) is 10.2 Å². The molecule has 0 bridgehead atoms. The van der Waals surface area contributed by atoms with Crippen LogP contribution in [0.5, 0.6) is 0 Å². The number of fused-ring (bicyclic) bond motifs is 1. The molecule has 2 heterocycles. The number of nitrogens with one attached hydrogen (secondary N) is 2. The summed E-state index contributed by atoms with van der Waals surface area (Å²) < 4.78 is 5.34. The van der Waals surface area contributed by atoms with Crippen molar-refractivity contribution in [1.29, 1.82) is 0 Å². The summed E-state index contributed by atoms with van der Waals surface area (Å²) in [6.07, 6.45) is 1.22. The third-order valence-corrected chi connectivity index (χ3v) is 4.12. The third-order valence-electron chi connectivity index (χ3n) is 4.12. The van der Waals surface area contributed by atoms with Gasteiger partial charge in [0, 0.05) is 43.9 Å². The predicted molar refractivity (Wildman–Crippen MR) is 90.2 cm³/mol. The summed E-state index contributed by atoms with van der Waals surface area (Å²) in [5.41, 5.74) is 2.40. The second kappa shape index (κ2) is 7.77. The van der Waals surface area contributed by atoms with Gasteiger partial charge in [-0.3, -0.25) is 9.59 Å². The van der Waals surface area contributed by atoms with Crippen LogP contribution in [0.3, 0.4) is 0 Å². The maximum Gasteiger partial charge on any atom is 0.253 e. The summed E-state index contributed by atoms with van der Waals surface area (Å²) in [5, 5.41) is 6.12. The number of rotatable bonds is 3. The maximum atomic E-state index is 12.2. The van der Waals surface area contributed by atoms with Crippen LogP contribution in [-0.2, 0) is 16.0 Å². The predicted octanol–water partition coefficient (Wildman–Crippen LogP) is 1.05. The Morgan fingerprint density at radius 3 is 3.04 bits per heavy atom. The van der Waals surface area contributed by atoms with Crippen LogP contribution in [-0.4, -0.2) is 56.1 Å². The molecular formula is C16H22ClN3O3. The molecule has 1 fully saturated rings. The van der Waals surface area contributed by atoms with Gasteiger partial charge in [0.05, 0.1) is 13.2 Å². The molecule has 1 unspecified atom stereocenters. The van der Waals surface area contributed by atoms with Gasteiger partial charge in [0.15, 0.2) is 0 Å². The molecule has 2 aliphatic heterocycles. The second-order valence-corrected chi connectivity index (χ2v) is 5.83. The zero-order valence-electron chi connectivity index (χ0n) is 13.1. The van der Waals surface area contributed by atoms with Gasteiger partial charge in [0.1, 0.15) is 0 Å². The molecule has 1 aromatic carbocycles. The molecule has 0 spiro atoms. The molecule has 0 aliphatic carbocycles. The highest BCUT2D eigenvalue weighted by Gasteiger charge is 2.22. The van der Waals surface area contributed by atoms with E-state index in [1.54, 1.807) is 18.0 Å². The quantitative estimate of drug-likeness (QED) is 0.863. The summed E-state index contributed by atoms with van der Waals surface area (Å²) in [6.45, 7) is 2.77. The van der Waals surface area contributed by atoms with Crippen LogP contribution in [0.2, 0.25) is 0 Å². The fraction of sp³-hybridized carbons (Fsp3) is 0.500. The van der Waals surface area contributed by atoms with Gasteiger partial charge >= 0.3 is 0 Å². The number of benzene rings is 1. The minimum absolute atomic E-state index is 0. The minimum atomic E-state index is -0.0698. The number of hydrogen-bond acceptors (Lipinski definition) is 4. The van der Waals surface area contributed by atoms with Gasteiger partial charge in [-0.05, 0) is 24.1 Å². The maximum absolute atomic E-state index is 12.2. The number of carbonyl (C=O) groups is 2. The fourth-order valence-electron chi connectivity index (χ4n) is 2.85. The number of halogens is 1. The molecule has 3 rings (SSSR count). The van der Waals surface area contributed by atoms with Crippen molar-refractivity contribution in [3.63, 3.8) is 0 Å². The van der Waals surface area contributed by atoms with Gasteiger partial charge in [-0.25, -0.2) is 0 Å². The first-order valence-electron chi connectivity index (χ1n) is 7.63. The van der Waals surface area contributed by atoms with Crippen molar-refractivity contribution >= 4 is 29.9 Å². The zero-order chi connectivity index (χ0) is 15.5. The Morgan fingerprint density at radius 2 is 2.30 bits per heavy atom. The summed E-state index contributed by atoms with van der Waals surface area (Å²) >= 11 is 0. The average Bonchev–Trinajstić information content (AvgIpc) is 2.52. The number of ether oxygens (including phenoxy) is 1. The van der Waals surface area contributed by atoms with E-state index in [0.29, 0.717) is 30.9 Å². The van der Waals surface area contributed by atoms with E-state index in [1.807, 2.05) is 12.1 Å². The van der Waals surface area contributed by atoms with Crippen LogP contribution in [0.25, 0.3) is 0 Å². The van der Waals surface area contributed by atoms with Crippen molar-refractivity contribution < 1.29 is 14.3 Å². The van der Waals surface area contributed by atoms with Crippen LogP contribution in [0, 0.1) is 0 Å². The Bertz CT molecular complexity index is 588. The van der Waals surface area contributed by atoms with Crippen LogP contribution in [0.15, 0.2) is 18.2 Å². The Morgan fingerprint density at radius 1 is 1.48 bits per heavy atom. The minimum Gasteiger partial charge on any atom is -0.378 e. The molecule has 1 saturated heterocycles. The van der Waals surface area contributed by atoms with E-state index in [4.69, 9.17) is 4.74 Å². The molecule has 0 aromatic heterocycles. The number of hydrogen-bond donors (Lipinski definition) is 2. The van der Waals surface area contributed by atoms with Crippen molar-refractivity contribution in [3.05, 3.63) is 29.3 Å². The number of nitrogens with zero attached hydrogens (tertiary/aromatic N) is 1. The van der Waals surface area contributed by atoms with E-state index in [2.05, 4.69) is 10.6 Å². The number of amides is 2. The summed E-state index contributed by atoms with van der Waals surface area (Å²) in [6, 6.07) is 5.62. The first kappa shape index (κ1) is 17.7. The number of carbonyl (C=O) groups excluding carboxylic acids is 2. The van der Waals surface area contributed by atoms with E-state index < -0.39 is 0 Å². The largest absolute Gasteiger partial charge is 0.378 e. The molecule has 2 amide bonds. The van der Waals surface area contributed by atoms with Gasteiger partial charge in [-0.15, -0.1) is 12.4 Å². The monoisotopic (exact) mass is 339 g/mol. The number of likely N-dealkylation sites (N-methyl/N-ethyl adjacent to an activating group) is 1. The average molecular weight is 340 g/mol. The lowest BCUT2D eigenvalue weighted by Gasteiger charge is -2.25. The SMILES string of the molecule is CN1CCc2ccc(NC(=O)CC3COCCN3)cc2C1=O.Cl. The molecule has 1 aromatic rings. The van der Waals surface area contributed by atoms with E-state index >= 15 is 0 Å². The summed E-state index contributed by atoms with van der Waals surface area (Å²) in [7, 11) is 1.80. The van der Waals surface area contributed by atoms with Crippen LogP contribution in [0.1, 0.15) is 22.3 Å². The Labute approximate surface area is 142 Å². The van der Waals surface area contributed by atoms with Crippen molar-refractivity contribution in [2.45, 2.75) is 18.9 Å². The molecule has 126 valence electrons.